The van der Waals surface area contributed by atoms with E-state index in [9.17, 15) is 4.79 Å². The van der Waals surface area contributed by atoms with E-state index in [0.717, 1.165) is 5.56 Å². The quantitative estimate of drug-likeness (QED) is 0.738. The van der Waals surface area contributed by atoms with E-state index >= 15 is 0 Å². The molecule has 21 heavy (non-hydrogen) atoms. The molecule has 0 bridgehead atoms. The molecule has 6 heteroatoms. The third kappa shape index (κ3) is 4.31. The average Bonchev–Trinajstić information content (AvgIpc) is 2.96. The van der Waals surface area contributed by atoms with Crippen molar-refractivity contribution in [2.45, 2.75) is 13.2 Å². The first-order valence-electron chi connectivity index (χ1n) is 6.58. The number of carbonyl (C=O) groups is 1. The first kappa shape index (κ1) is 15.5. The van der Waals surface area contributed by atoms with Gasteiger partial charge in [0.1, 0.15) is 6.61 Å². The van der Waals surface area contributed by atoms with E-state index in [2.05, 4.69) is 5.16 Å². The van der Waals surface area contributed by atoms with Gasteiger partial charge in [-0.25, -0.2) is 0 Å². The maximum atomic E-state index is 12.5. The molecule has 0 N–H and O–H groups in total. The van der Waals surface area contributed by atoms with Crippen molar-refractivity contribution >= 4 is 17.5 Å². The van der Waals surface area contributed by atoms with Gasteiger partial charge in [0.2, 0.25) is 0 Å². The van der Waals surface area contributed by atoms with Crippen LogP contribution in [0.2, 0.25) is 0 Å². The van der Waals surface area contributed by atoms with E-state index in [0.29, 0.717) is 24.7 Å². The second kappa shape index (κ2) is 7.81. The van der Waals surface area contributed by atoms with Crippen molar-refractivity contribution in [3.8, 4) is 0 Å². The number of amides is 1. The van der Waals surface area contributed by atoms with Crippen molar-refractivity contribution in [3.05, 3.63) is 53.4 Å². The Balaban J connectivity index is 2.10. The van der Waals surface area contributed by atoms with Crippen LogP contribution in [0.25, 0.3) is 0 Å². The second-order valence-corrected chi connectivity index (χ2v) is 4.89. The van der Waals surface area contributed by atoms with E-state index in [1.807, 2.05) is 30.3 Å². The molecule has 0 aliphatic rings. The lowest BCUT2D eigenvalue weighted by Gasteiger charge is -2.20. The topological polar surface area (TPSA) is 55.6 Å². The van der Waals surface area contributed by atoms with Gasteiger partial charge < -0.3 is 14.2 Å². The number of methoxy groups -OCH3 is 1. The number of hydrogen-bond donors (Lipinski definition) is 0. The Morgan fingerprint density at radius 1 is 1.38 bits per heavy atom. The number of aromatic nitrogens is 1. The highest BCUT2D eigenvalue weighted by Crippen LogP contribution is 2.11. The third-order valence-electron chi connectivity index (χ3n) is 2.92. The van der Waals surface area contributed by atoms with Crippen LogP contribution in [0.15, 0.2) is 40.9 Å². The number of ether oxygens (including phenoxy) is 1. The lowest BCUT2D eigenvalue weighted by atomic mass is 10.2. The van der Waals surface area contributed by atoms with Crippen LogP contribution in [-0.4, -0.2) is 35.5 Å². The standard InChI is InChI=1S/C15H17ClN2O3/c1-20-11-13-9-14(17-21-13)15(19)18(8-7-16)10-12-5-3-2-4-6-12/h2-6,9H,7-8,10-11H2,1H3. The zero-order valence-electron chi connectivity index (χ0n) is 11.8. The van der Waals surface area contributed by atoms with Gasteiger partial charge in [-0.15, -0.1) is 11.6 Å². The number of benzene rings is 1. The molecular weight excluding hydrogens is 292 g/mol. The first-order valence-corrected chi connectivity index (χ1v) is 7.11. The van der Waals surface area contributed by atoms with Crippen molar-refractivity contribution in [1.29, 1.82) is 0 Å². The van der Waals surface area contributed by atoms with Gasteiger partial charge in [-0.3, -0.25) is 4.79 Å². The number of carbonyl (C=O) groups excluding carboxylic acids is 1. The lowest BCUT2D eigenvalue weighted by molar-refractivity contribution is 0.0742. The van der Waals surface area contributed by atoms with Crippen LogP contribution in [0.3, 0.4) is 0 Å². The van der Waals surface area contributed by atoms with Gasteiger partial charge in [0.15, 0.2) is 11.5 Å². The molecule has 0 fully saturated rings. The Hall–Kier alpha value is -1.85. The van der Waals surface area contributed by atoms with Crippen LogP contribution < -0.4 is 0 Å². The average molecular weight is 309 g/mol. The summed E-state index contributed by atoms with van der Waals surface area (Å²) in [5.74, 6) is 0.679. The molecule has 1 heterocycles. The highest BCUT2D eigenvalue weighted by molar-refractivity contribution is 6.18. The molecule has 1 aromatic heterocycles. The predicted molar refractivity (Wildman–Crippen MR) is 79.1 cm³/mol. The van der Waals surface area contributed by atoms with Gasteiger partial charge in [-0.2, -0.15) is 0 Å². The van der Waals surface area contributed by atoms with E-state index in [1.165, 1.54) is 0 Å². The minimum Gasteiger partial charge on any atom is -0.377 e. The number of hydrogen-bond acceptors (Lipinski definition) is 4. The number of rotatable bonds is 7. The summed E-state index contributed by atoms with van der Waals surface area (Å²) < 4.78 is 9.99. The molecule has 5 nitrogen and oxygen atoms in total. The van der Waals surface area contributed by atoms with Gasteiger partial charge in [-0.1, -0.05) is 35.5 Å². The molecule has 1 aromatic carbocycles. The van der Waals surface area contributed by atoms with E-state index in [-0.39, 0.29) is 18.2 Å². The third-order valence-corrected chi connectivity index (χ3v) is 3.09. The summed E-state index contributed by atoms with van der Waals surface area (Å²) in [6.07, 6.45) is 0. The fourth-order valence-corrected chi connectivity index (χ4v) is 2.15. The van der Waals surface area contributed by atoms with Gasteiger partial charge >= 0.3 is 0 Å². The summed E-state index contributed by atoms with van der Waals surface area (Å²) in [5.41, 5.74) is 1.31. The molecule has 1 amide bonds. The van der Waals surface area contributed by atoms with Crippen LogP contribution in [0.5, 0.6) is 0 Å². The molecule has 0 aliphatic heterocycles. The zero-order valence-corrected chi connectivity index (χ0v) is 12.5. The van der Waals surface area contributed by atoms with Crippen molar-refractivity contribution in [2.75, 3.05) is 19.5 Å². The molecule has 0 radical (unpaired) electrons. The smallest absolute Gasteiger partial charge is 0.276 e. The minimum absolute atomic E-state index is 0.203. The van der Waals surface area contributed by atoms with Crippen molar-refractivity contribution in [1.82, 2.24) is 10.1 Å². The molecule has 0 aliphatic carbocycles. The monoisotopic (exact) mass is 308 g/mol. The molecule has 0 saturated heterocycles. The van der Waals surface area contributed by atoms with Crippen molar-refractivity contribution in [2.24, 2.45) is 0 Å². The predicted octanol–water partition coefficient (Wildman–Crippen LogP) is 2.70. The highest BCUT2D eigenvalue weighted by atomic mass is 35.5. The van der Waals surface area contributed by atoms with Crippen LogP contribution in [0, 0.1) is 0 Å². The molecular formula is C15H17ClN2O3. The van der Waals surface area contributed by atoms with E-state index < -0.39 is 0 Å². The summed E-state index contributed by atoms with van der Waals surface area (Å²) in [7, 11) is 1.55. The van der Waals surface area contributed by atoms with Crippen LogP contribution >= 0.6 is 11.6 Å². The lowest BCUT2D eigenvalue weighted by Crippen LogP contribution is -2.32. The van der Waals surface area contributed by atoms with Gasteiger partial charge in [0.25, 0.3) is 5.91 Å². The summed E-state index contributed by atoms with van der Waals surface area (Å²) >= 11 is 5.79. The number of alkyl halides is 1. The highest BCUT2D eigenvalue weighted by Gasteiger charge is 2.19. The maximum absolute atomic E-state index is 12.5. The number of halogens is 1. The van der Waals surface area contributed by atoms with E-state index in [1.54, 1.807) is 18.1 Å². The van der Waals surface area contributed by atoms with Crippen molar-refractivity contribution in [3.63, 3.8) is 0 Å². The molecule has 0 unspecified atom stereocenters. The van der Waals surface area contributed by atoms with Gasteiger partial charge in [0.05, 0.1) is 0 Å². The number of nitrogens with zero attached hydrogens (tertiary/aromatic N) is 2. The second-order valence-electron chi connectivity index (χ2n) is 4.51. The molecule has 112 valence electrons. The van der Waals surface area contributed by atoms with Gasteiger partial charge in [0, 0.05) is 32.1 Å². The maximum Gasteiger partial charge on any atom is 0.276 e. The first-order chi connectivity index (χ1) is 10.2. The fourth-order valence-electron chi connectivity index (χ4n) is 1.94. The molecule has 0 spiro atoms. The minimum atomic E-state index is -0.203. The van der Waals surface area contributed by atoms with E-state index in [4.69, 9.17) is 20.9 Å². The Morgan fingerprint density at radius 3 is 2.81 bits per heavy atom. The van der Waals surface area contributed by atoms with Crippen LogP contribution in [-0.2, 0) is 17.9 Å². The largest absolute Gasteiger partial charge is 0.377 e. The molecule has 2 rings (SSSR count). The molecule has 0 atom stereocenters. The summed E-state index contributed by atoms with van der Waals surface area (Å²) in [5, 5.41) is 3.79. The Labute approximate surface area is 128 Å². The van der Waals surface area contributed by atoms with Crippen LogP contribution in [0.4, 0.5) is 0 Å². The Bertz CT molecular complexity index is 571. The molecule has 2 aromatic rings. The van der Waals surface area contributed by atoms with Crippen molar-refractivity contribution < 1.29 is 14.1 Å². The summed E-state index contributed by atoms with van der Waals surface area (Å²) in [4.78, 5) is 14.1. The van der Waals surface area contributed by atoms with Gasteiger partial charge in [-0.05, 0) is 5.56 Å². The summed E-state index contributed by atoms with van der Waals surface area (Å²) in [6, 6.07) is 11.3. The molecule has 0 saturated carbocycles. The normalized spacial score (nSPS) is 10.6. The SMILES string of the molecule is COCc1cc(C(=O)N(CCCl)Cc2ccccc2)no1. The Morgan fingerprint density at radius 2 is 2.14 bits per heavy atom. The fraction of sp³-hybridized carbons (Fsp3) is 0.333. The zero-order chi connectivity index (χ0) is 15.1. The van der Waals surface area contributed by atoms with Crippen LogP contribution in [0.1, 0.15) is 21.8 Å². The Kier molecular flexibility index (Phi) is 5.78. The summed E-state index contributed by atoms with van der Waals surface area (Å²) in [6.45, 7) is 1.22.